The maximum Gasteiger partial charge on any atom is 0.225 e. The van der Waals surface area contributed by atoms with Crippen LogP contribution >= 0.6 is 0 Å². The van der Waals surface area contributed by atoms with Gasteiger partial charge >= 0.3 is 0 Å². The predicted molar refractivity (Wildman–Crippen MR) is 97.8 cm³/mol. The van der Waals surface area contributed by atoms with E-state index in [9.17, 15) is 9.50 Å². The Hall–Kier alpha value is -2.21. The molecular formula is C19H25FN4O. The van der Waals surface area contributed by atoms with Crippen molar-refractivity contribution >= 4 is 17.5 Å². The highest BCUT2D eigenvalue weighted by Crippen LogP contribution is 2.40. The molecule has 1 aliphatic rings. The first-order valence-corrected chi connectivity index (χ1v) is 8.76. The fraction of sp³-hybridized carbons (Fsp3) is 0.474. The number of aliphatic hydroxyl groups excluding tert-OH is 1. The van der Waals surface area contributed by atoms with Crippen LogP contribution in [0, 0.1) is 18.7 Å². The van der Waals surface area contributed by atoms with Crippen LogP contribution < -0.4 is 10.6 Å². The van der Waals surface area contributed by atoms with Crippen LogP contribution in [0.4, 0.5) is 21.8 Å². The van der Waals surface area contributed by atoms with Crippen molar-refractivity contribution in [1.29, 1.82) is 0 Å². The number of anilines is 3. The number of aliphatic hydroxyl groups is 1. The van der Waals surface area contributed by atoms with Gasteiger partial charge in [0.2, 0.25) is 5.95 Å². The molecule has 0 bridgehead atoms. The summed E-state index contributed by atoms with van der Waals surface area (Å²) in [6.45, 7) is 5.82. The van der Waals surface area contributed by atoms with E-state index in [4.69, 9.17) is 0 Å². The van der Waals surface area contributed by atoms with Crippen molar-refractivity contribution in [3.63, 3.8) is 0 Å². The number of hydrogen-bond acceptors (Lipinski definition) is 5. The predicted octanol–water partition coefficient (Wildman–Crippen LogP) is 3.97. The smallest absolute Gasteiger partial charge is 0.225 e. The summed E-state index contributed by atoms with van der Waals surface area (Å²) < 4.78 is 13.8. The maximum atomic E-state index is 13.8. The van der Waals surface area contributed by atoms with Gasteiger partial charge in [0.1, 0.15) is 11.6 Å². The van der Waals surface area contributed by atoms with E-state index in [1.165, 1.54) is 6.07 Å². The number of aromatic nitrogens is 2. The normalized spacial score (nSPS) is 15.3. The van der Waals surface area contributed by atoms with Gasteiger partial charge in [-0.3, -0.25) is 0 Å². The van der Waals surface area contributed by atoms with Crippen molar-refractivity contribution in [2.24, 2.45) is 5.92 Å². The quantitative estimate of drug-likeness (QED) is 0.709. The van der Waals surface area contributed by atoms with Crippen molar-refractivity contribution in [3.8, 4) is 0 Å². The molecule has 1 fully saturated rings. The Morgan fingerprint density at radius 1 is 1.28 bits per heavy atom. The molecule has 1 heterocycles. The molecule has 1 atom stereocenters. The molecule has 1 saturated carbocycles. The molecule has 25 heavy (non-hydrogen) atoms. The second-order valence-electron chi connectivity index (χ2n) is 6.99. The second-order valence-corrected chi connectivity index (χ2v) is 6.99. The molecular weight excluding hydrogens is 319 g/mol. The van der Waals surface area contributed by atoms with E-state index >= 15 is 0 Å². The van der Waals surface area contributed by atoms with E-state index in [0.29, 0.717) is 28.9 Å². The molecule has 134 valence electrons. The minimum atomic E-state index is -0.250. The fourth-order valence-electron chi connectivity index (χ4n) is 2.65. The number of benzene rings is 1. The largest absolute Gasteiger partial charge is 0.394 e. The summed E-state index contributed by atoms with van der Waals surface area (Å²) in [4.78, 5) is 9.11. The van der Waals surface area contributed by atoms with Crippen molar-refractivity contribution < 1.29 is 9.50 Å². The Balaban J connectivity index is 1.89. The number of halogens is 1. The van der Waals surface area contributed by atoms with E-state index < -0.39 is 0 Å². The van der Waals surface area contributed by atoms with E-state index in [1.54, 1.807) is 13.0 Å². The summed E-state index contributed by atoms with van der Waals surface area (Å²) in [6, 6.07) is 6.76. The van der Waals surface area contributed by atoms with Gasteiger partial charge in [-0.1, -0.05) is 19.9 Å². The molecule has 3 N–H and O–H groups in total. The Kier molecular flexibility index (Phi) is 5.18. The van der Waals surface area contributed by atoms with Gasteiger partial charge in [0.15, 0.2) is 0 Å². The minimum Gasteiger partial charge on any atom is -0.394 e. The molecule has 0 unspecified atom stereocenters. The molecule has 0 amide bonds. The molecule has 1 aromatic carbocycles. The second kappa shape index (κ2) is 7.35. The zero-order valence-electron chi connectivity index (χ0n) is 14.9. The van der Waals surface area contributed by atoms with Crippen LogP contribution in [0.25, 0.3) is 0 Å². The van der Waals surface area contributed by atoms with Gasteiger partial charge in [0.05, 0.1) is 18.3 Å². The zero-order valence-corrected chi connectivity index (χ0v) is 14.9. The molecule has 2 aromatic rings. The molecule has 0 spiro atoms. The summed E-state index contributed by atoms with van der Waals surface area (Å²) in [6.07, 6.45) is 2.25. The lowest BCUT2D eigenvalue weighted by Crippen LogP contribution is -2.30. The third kappa shape index (κ3) is 4.25. The van der Waals surface area contributed by atoms with Crippen LogP contribution in [-0.2, 0) is 0 Å². The lowest BCUT2D eigenvalue weighted by molar-refractivity contribution is 0.248. The van der Waals surface area contributed by atoms with Gasteiger partial charge in [0.25, 0.3) is 0 Å². The van der Waals surface area contributed by atoms with E-state index in [-0.39, 0.29) is 24.4 Å². The third-order valence-corrected chi connectivity index (χ3v) is 4.59. The number of hydrogen-bond donors (Lipinski definition) is 3. The van der Waals surface area contributed by atoms with Gasteiger partial charge in [-0.2, -0.15) is 4.98 Å². The average molecular weight is 344 g/mol. The molecule has 0 saturated heterocycles. The standard InChI is InChI=1S/C19H25FN4O/c1-11(2)17(10-25)23-19-22-16(13-7-8-13)9-18(24-19)21-15-6-4-5-14(20)12(15)3/h4-6,9,11,13,17,25H,7-8,10H2,1-3H3,(H2,21,22,23,24)/t17-/m0/s1. The molecule has 0 radical (unpaired) electrons. The number of nitrogens with zero attached hydrogens (tertiary/aromatic N) is 2. The molecule has 1 aliphatic carbocycles. The highest BCUT2D eigenvalue weighted by atomic mass is 19.1. The van der Waals surface area contributed by atoms with Crippen LogP contribution in [0.1, 0.15) is 43.9 Å². The summed E-state index contributed by atoms with van der Waals surface area (Å²) in [7, 11) is 0. The minimum absolute atomic E-state index is 0.0143. The topological polar surface area (TPSA) is 70.1 Å². The summed E-state index contributed by atoms with van der Waals surface area (Å²) in [5.74, 6) is 1.59. The third-order valence-electron chi connectivity index (χ3n) is 4.59. The Bertz CT molecular complexity index is 746. The first-order chi connectivity index (χ1) is 12.0. The summed E-state index contributed by atoms with van der Waals surface area (Å²) in [5.41, 5.74) is 2.22. The summed E-state index contributed by atoms with van der Waals surface area (Å²) >= 11 is 0. The first kappa shape index (κ1) is 17.6. The van der Waals surface area contributed by atoms with E-state index in [1.807, 2.05) is 26.0 Å². The Morgan fingerprint density at radius 2 is 2.04 bits per heavy atom. The Labute approximate surface area is 147 Å². The van der Waals surface area contributed by atoms with Crippen LogP contribution in [-0.4, -0.2) is 27.7 Å². The van der Waals surface area contributed by atoms with Gasteiger partial charge < -0.3 is 15.7 Å². The average Bonchev–Trinajstić information content (AvgIpc) is 3.41. The lowest BCUT2D eigenvalue weighted by Gasteiger charge is -2.21. The van der Waals surface area contributed by atoms with Crippen molar-refractivity contribution in [1.82, 2.24) is 9.97 Å². The lowest BCUT2D eigenvalue weighted by atomic mass is 10.1. The zero-order chi connectivity index (χ0) is 18.0. The van der Waals surface area contributed by atoms with Crippen LogP contribution in [0.5, 0.6) is 0 Å². The van der Waals surface area contributed by atoms with E-state index in [0.717, 1.165) is 18.5 Å². The number of rotatable bonds is 7. The van der Waals surface area contributed by atoms with Crippen LogP contribution in [0.3, 0.4) is 0 Å². The Morgan fingerprint density at radius 3 is 2.68 bits per heavy atom. The number of nitrogens with one attached hydrogen (secondary N) is 2. The van der Waals surface area contributed by atoms with Crippen molar-refractivity contribution in [2.45, 2.75) is 45.6 Å². The highest BCUT2D eigenvalue weighted by molar-refractivity contribution is 5.61. The monoisotopic (exact) mass is 344 g/mol. The van der Waals surface area contributed by atoms with Crippen molar-refractivity contribution in [3.05, 3.63) is 41.3 Å². The molecule has 6 heteroatoms. The SMILES string of the molecule is Cc1c(F)cccc1Nc1cc(C2CC2)nc(N[C@@H](CO)C(C)C)n1. The van der Waals surface area contributed by atoms with Crippen LogP contribution in [0.15, 0.2) is 24.3 Å². The molecule has 0 aliphatic heterocycles. The molecule has 3 rings (SSSR count). The van der Waals surface area contributed by atoms with Gasteiger partial charge in [0, 0.05) is 23.2 Å². The van der Waals surface area contributed by atoms with Crippen molar-refractivity contribution in [2.75, 3.05) is 17.2 Å². The van der Waals surface area contributed by atoms with E-state index in [2.05, 4.69) is 20.6 Å². The molecule has 5 nitrogen and oxygen atoms in total. The molecule has 1 aromatic heterocycles. The maximum absolute atomic E-state index is 13.8. The van der Waals surface area contributed by atoms with Gasteiger partial charge in [-0.15, -0.1) is 0 Å². The fourth-order valence-corrected chi connectivity index (χ4v) is 2.65. The highest BCUT2D eigenvalue weighted by Gasteiger charge is 2.27. The van der Waals surface area contributed by atoms with Crippen LogP contribution in [0.2, 0.25) is 0 Å². The van der Waals surface area contributed by atoms with Gasteiger partial charge in [-0.25, -0.2) is 9.37 Å². The van der Waals surface area contributed by atoms with Gasteiger partial charge in [-0.05, 0) is 37.8 Å². The first-order valence-electron chi connectivity index (χ1n) is 8.76. The summed E-state index contributed by atoms with van der Waals surface area (Å²) in [5, 5.41) is 16.0.